The van der Waals surface area contributed by atoms with Crippen LogP contribution in [-0.4, -0.2) is 24.4 Å². The number of halogens is 1. The zero-order valence-corrected chi connectivity index (χ0v) is 11.6. The third kappa shape index (κ3) is 3.38. The van der Waals surface area contributed by atoms with E-state index in [1.165, 1.54) is 43.5 Å². The highest BCUT2D eigenvalue weighted by molar-refractivity contribution is 5.97. The summed E-state index contributed by atoms with van der Waals surface area (Å²) in [6.45, 7) is -0.506. The van der Waals surface area contributed by atoms with Crippen LogP contribution < -0.4 is 9.47 Å². The first-order chi connectivity index (χ1) is 10.5. The molecule has 0 atom stereocenters. The number of Topliss-reactive ketones (excluding diaryl/α,β-unsaturated/α-hetero) is 1. The van der Waals surface area contributed by atoms with Crippen LogP contribution in [0.4, 0.5) is 10.1 Å². The number of carbonyl (C=O) groups is 1. The highest BCUT2D eigenvalue weighted by Gasteiger charge is 2.19. The molecule has 114 valence electrons. The van der Waals surface area contributed by atoms with Gasteiger partial charge < -0.3 is 9.47 Å². The van der Waals surface area contributed by atoms with Gasteiger partial charge in [-0.25, -0.2) is 4.39 Å². The first-order valence-electron chi connectivity index (χ1n) is 6.26. The molecule has 0 saturated carbocycles. The Morgan fingerprint density at radius 2 is 2.00 bits per heavy atom. The summed E-state index contributed by atoms with van der Waals surface area (Å²) in [5.74, 6) is -1.07. The number of carbonyl (C=O) groups excluding carboxylic acids is 1. The fraction of sp³-hybridized carbons (Fsp3) is 0.133. The predicted molar refractivity (Wildman–Crippen MR) is 75.9 cm³/mol. The smallest absolute Gasteiger partial charge is 0.314 e. The van der Waals surface area contributed by atoms with E-state index in [2.05, 4.69) is 0 Å². The topological polar surface area (TPSA) is 78.7 Å². The van der Waals surface area contributed by atoms with E-state index < -0.39 is 23.1 Å². The lowest BCUT2D eigenvalue weighted by atomic mass is 10.1. The summed E-state index contributed by atoms with van der Waals surface area (Å²) in [5, 5.41) is 11.0. The Morgan fingerprint density at radius 3 is 2.64 bits per heavy atom. The molecule has 6 nitrogen and oxygen atoms in total. The van der Waals surface area contributed by atoms with E-state index in [1.54, 1.807) is 0 Å². The van der Waals surface area contributed by atoms with Gasteiger partial charge in [-0.2, -0.15) is 0 Å². The number of hydrogen-bond donors (Lipinski definition) is 0. The molecule has 7 heteroatoms. The van der Waals surface area contributed by atoms with Crippen LogP contribution in [0.5, 0.6) is 11.5 Å². The highest BCUT2D eigenvalue weighted by atomic mass is 19.1. The minimum absolute atomic E-state index is 0.0875. The standard InChI is InChI=1S/C15H12FNO5/c1-21-10-6-7-15(13(8-10)17(19)20)22-9-14(18)11-4-2-3-5-12(11)16/h2-8H,9H2,1H3. The lowest BCUT2D eigenvalue weighted by Crippen LogP contribution is -2.13. The number of nitro benzene ring substituents is 1. The first kappa shape index (κ1) is 15.4. The fourth-order valence-electron chi connectivity index (χ4n) is 1.80. The Morgan fingerprint density at radius 1 is 1.27 bits per heavy atom. The number of benzene rings is 2. The fourth-order valence-corrected chi connectivity index (χ4v) is 1.80. The third-order valence-electron chi connectivity index (χ3n) is 2.90. The summed E-state index contributed by atoms with van der Waals surface area (Å²) in [6.07, 6.45) is 0. The van der Waals surface area contributed by atoms with Crippen LogP contribution in [-0.2, 0) is 0 Å². The van der Waals surface area contributed by atoms with Gasteiger partial charge in [0, 0.05) is 0 Å². The summed E-state index contributed by atoms with van der Waals surface area (Å²) in [5.41, 5.74) is -0.459. The first-order valence-corrected chi connectivity index (χ1v) is 6.26. The van der Waals surface area contributed by atoms with Gasteiger partial charge in [0.2, 0.25) is 5.78 Å². The van der Waals surface area contributed by atoms with Crippen LogP contribution in [0, 0.1) is 15.9 Å². The SMILES string of the molecule is COc1ccc(OCC(=O)c2ccccc2F)c([N+](=O)[O-])c1. The average Bonchev–Trinajstić information content (AvgIpc) is 2.52. The average molecular weight is 305 g/mol. The summed E-state index contributed by atoms with van der Waals surface area (Å²) in [4.78, 5) is 22.2. The van der Waals surface area contributed by atoms with Gasteiger partial charge in [0.25, 0.3) is 0 Å². The summed E-state index contributed by atoms with van der Waals surface area (Å²) < 4.78 is 23.5. The van der Waals surface area contributed by atoms with Crippen molar-refractivity contribution in [3.8, 4) is 11.5 Å². The van der Waals surface area contributed by atoms with Crippen LogP contribution in [0.2, 0.25) is 0 Å². The zero-order valence-electron chi connectivity index (χ0n) is 11.6. The predicted octanol–water partition coefficient (Wildman–Crippen LogP) is 3.00. The molecule has 0 saturated heterocycles. The van der Waals surface area contributed by atoms with Crippen molar-refractivity contribution in [3.63, 3.8) is 0 Å². The second kappa shape index (κ2) is 6.66. The van der Waals surface area contributed by atoms with Gasteiger partial charge in [0.05, 0.1) is 23.7 Å². The number of hydrogen-bond acceptors (Lipinski definition) is 5. The van der Waals surface area contributed by atoms with Crippen LogP contribution in [0.1, 0.15) is 10.4 Å². The molecule has 0 radical (unpaired) electrons. The molecule has 2 rings (SSSR count). The molecule has 0 bridgehead atoms. The molecular weight excluding hydrogens is 293 g/mol. The van der Waals surface area contributed by atoms with Crippen LogP contribution in [0.3, 0.4) is 0 Å². The molecule has 2 aromatic rings. The molecule has 2 aromatic carbocycles. The van der Waals surface area contributed by atoms with Gasteiger partial charge in [0.15, 0.2) is 12.4 Å². The zero-order chi connectivity index (χ0) is 16.1. The second-order valence-corrected chi connectivity index (χ2v) is 4.28. The van der Waals surface area contributed by atoms with E-state index >= 15 is 0 Å². The monoisotopic (exact) mass is 305 g/mol. The van der Waals surface area contributed by atoms with Gasteiger partial charge in [-0.05, 0) is 24.3 Å². The Balaban J connectivity index is 2.16. The molecule has 0 aliphatic heterocycles. The Bertz CT molecular complexity index is 717. The number of ether oxygens (including phenoxy) is 2. The molecule has 22 heavy (non-hydrogen) atoms. The van der Waals surface area contributed by atoms with E-state index in [0.717, 1.165) is 6.07 Å². The maximum absolute atomic E-state index is 13.5. The van der Waals surface area contributed by atoms with Crippen molar-refractivity contribution in [1.82, 2.24) is 0 Å². The maximum Gasteiger partial charge on any atom is 0.314 e. The molecule has 0 aliphatic carbocycles. The van der Waals surface area contributed by atoms with Crippen molar-refractivity contribution >= 4 is 11.5 Å². The van der Waals surface area contributed by atoms with Crippen molar-refractivity contribution in [3.05, 3.63) is 64.0 Å². The number of rotatable bonds is 6. The van der Waals surface area contributed by atoms with Crippen molar-refractivity contribution in [2.24, 2.45) is 0 Å². The minimum atomic E-state index is -0.666. The van der Waals surface area contributed by atoms with Crippen molar-refractivity contribution in [2.45, 2.75) is 0 Å². The molecule has 0 N–H and O–H groups in total. The van der Waals surface area contributed by atoms with Crippen LogP contribution in [0.15, 0.2) is 42.5 Å². The number of nitro groups is 1. The summed E-state index contributed by atoms with van der Waals surface area (Å²) in [6, 6.07) is 9.43. The second-order valence-electron chi connectivity index (χ2n) is 4.28. The van der Waals surface area contributed by atoms with Gasteiger partial charge >= 0.3 is 5.69 Å². The van der Waals surface area contributed by atoms with E-state index in [0.29, 0.717) is 5.75 Å². The van der Waals surface area contributed by atoms with E-state index in [1.807, 2.05) is 0 Å². The van der Waals surface area contributed by atoms with Crippen LogP contribution in [0.25, 0.3) is 0 Å². The van der Waals surface area contributed by atoms with Crippen molar-refractivity contribution in [1.29, 1.82) is 0 Å². The maximum atomic E-state index is 13.5. The lowest BCUT2D eigenvalue weighted by molar-refractivity contribution is -0.385. The summed E-state index contributed by atoms with van der Waals surface area (Å²) in [7, 11) is 1.38. The molecule has 0 fully saturated rings. The van der Waals surface area contributed by atoms with Gasteiger partial charge in [-0.1, -0.05) is 12.1 Å². The Labute approximate surface area is 125 Å². The van der Waals surface area contributed by atoms with E-state index in [4.69, 9.17) is 9.47 Å². The number of nitrogens with zero attached hydrogens (tertiary/aromatic N) is 1. The number of ketones is 1. The quantitative estimate of drug-likeness (QED) is 0.465. The molecule has 0 aromatic heterocycles. The van der Waals surface area contributed by atoms with Gasteiger partial charge in [-0.3, -0.25) is 14.9 Å². The summed E-state index contributed by atoms with van der Waals surface area (Å²) >= 11 is 0. The van der Waals surface area contributed by atoms with Crippen molar-refractivity contribution < 1.29 is 23.6 Å². The van der Waals surface area contributed by atoms with Gasteiger partial charge in [-0.15, -0.1) is 0 Å². The molecule has 0 unspecified atom stereocenters. The largest absolute Gasteiger partial charge is 0.496 e. The Kier molecular flexibility index (Phi) is 4.67. The van der Waals surface area contributed by atoms with E-state index in [9.17, 15) is 19.3 Å². The third-order valence-corrected chi connectivity index (χ3v) is 2.90. The number of methoxy groups -OCH3 is 1. The van der Waals surface area contributed by atoms with Crippen molar-refractivity contribution in [2.75, 3.05) is 13.7 Å². The normalized spacial score (nSPS) is 10.1. The van der Waals surface area contributed by atoms with Crippen LogP contribution >= 0.6 is 0 Å². The van der Waals surface area contributed by atoms with E-state index in [-0.39, 0.29) is 17.0 Å². The highest BCUT2D eigenvalue weighted by Crippen LogP contribution is 2.31. The molecule has 0 amide bonds. The van der Waals surface area contributed by atoms with Gasteiger partial charge in [0.1, 0.15) is 11.6 Å². The Hall–Kier alpha value is -2.96. The molecule has 0 aliphatic rings. The molecular formula is C15H12FNO5. The lowest BCUT2D eigenvalue weighted by Gasteiger charge is -2.08. The molecule has 0 heterocycles. The minimum Gasteiger partial charge on any atom is -0.496 e. The molecule has 0 spiro atoms.